The van der Waals surface area contributed by atoms with Crippen LogP contribution in [0.1, 0.15) is 13.3 Å². The van der Waals surface area contributed by atoms with E-state index in [-0.39, 0.29) is 29.6 Å². The fraction of sp³-hybridized carbons (Fsp3) is 1.00. The van der Waals surface area contributed by atoms with Crippen molar-refractivity contribution in [1.82, 2.24) is 0 Å². The van der Waals surface area contributed by atoms with E-state index in [0.29, 0.717) is 6.04 Å². The molecule has 0 saturated carbocycles. The molecule has 1 atom stereocenters. The number of rotatable bonds is 2. The summed E-state index contributed by atoms with van der Waals surface area (Å²) in [5.41, 5.74) is 5.40. The van der Waals surface area contributed by atoms with Crippen molar-refractivity contribution in [2.45, 2.75) is 19.4 Å². The monoisotopic (exact) mass is 128 g/mol. The fourth-order valence-electron chi connectivity index (χ4n) is 0.129. The SMILES string of the molecule is CC[C@H](N)CS.[Na]. The average molecular weight is 128 g/mol. The van der Waals surface area contributed by atoms with Crippen LogP contribution in [0.15, 0.2) is 0 Å². The third-order valence-corrected chi connectivity index (χ3v) is 1.23. The van der Waals surface area contributed by atoms with Crippen LogP contribution in [0.3, 0.4) is 0 Å². The number of hydrogen-bond acceptors (Lipinski definition) is 2. The third-order valence-electron chi connectivity index (χ3n) is 0.759. The van der Waals surface area contributed by atoms with Crippen molar-refractivity contribution < 1.29 is 0 Å². The molecule has 0 fully saturated rings. The van der Waals surface area contributed by atoms with Crippen LogP contribution in [0.5, 0.6) is 0 Å². The maximum Gasteiger partial charge on any atom is 0.0125 e. The summed E-state index contributed by atoms with van der Waals surface area (Å²) in [7, 11) is 0. The summed E-state index contributed by atoms with van der Waals surface area (Å²) < 4.78 is 0. The van der Waals surface area contributed by atoms with Gasteiger partial charge in [-0.1, -0.05) is 6.92 Å². The molecule has 0 aromatic carbocycles. The first-order chi connectivity index (χ1) is 2.81. The van der Waals surface area contributed by atoms with Crippen molar-refractivity contribution >= 4 is 42.2 Å². The van der Waals surface area contributed by atoms with Crippen LogP contribution in [0.25, 0.3) is 0 Å². The van der Waals surface area contributed by atoms with Crippen molar-refractivity contribution in [2.24, 2.45) is 5.73 Å². The van der Waals surface area contributed by atoms with E-state index in [4.69, 9.17) is 5.73 Å². The Kier molecular flexibility index (Phi) is 11.6. The standard InChI is InChI=1S/C4H11NS.Na/c1-2-4(5)3-6;/h4,6H,2-3,5H2,1H3;/t4-;/m0./s1. The van der Waals surface area contributed by atoms with Crippen molar-refractivity contribution in [1.29, 1.82) is 0 Å². The predicted octanol–water partition coefficient (Wildman–Crippen LogP) is 0.273. The minimum Gasteiger partial charge on any atom is -0.327 e. The fourth-order valence-corrected chi connectivity index (χ4v) is 0.387. The summed E-state index contributed by atoms with van der Waals surface area (Å²) in [6.07, 6.45) is 1.03. The molecular weight excluding hydrogens is 117 g/mol. The first kappa shape index (κ1) is 11.2. The van der Waals surface area contributed by atoms with E-state index in [1.165, 1.54) is 0 Å². The zero-order valence-electron chi connectivity index (χ0n) is 5.02. The molecule has 7 heavy (non-hydrogen) atoms. The molecule has 0 heterocycles. The molecule has 3 heteroatoms. The van der Waals surface area contributed by atoms with Gasteiger partial charge in [0.15, 0.2) is 0 Å². The van der Waals surface area contributed by atoms with Gasteiger partial charge >= 0.3 is 0 Å². The molecule has 0 unspecified atom stereocenters. The molecule has 0 saturated heterocycles. The van der Waals surface area contributed by atoms with Crippen LogP contribution in [-0.4, -0.2) is 41.4 Å². The van der Waals surface area contributed by atoms with Crippen LogP contribution < -0.4 is 5.73 Å². The van der Waals surface area contributed by atoms with Gasteiger partial charge in [0, 0.05) is 41.4 Å². The molecule has 0 aliphatic rings. The smallest absolute Gasteiger partial charge is 0.0125 e. The summed E-state index contributed by atoms with van der Waals surface area (Å²) in [4.78, 5) is 0. The first-order valence-corrected chi connectivity index (χ1v) is 2.81. The van der Waals surface area contributed by atoms with E-state index in [9.17, 15) is 0 Å². The number of nitrogens with two attached hydrogens (primary N) is 1. The van der Waals surface area contributed by atoms with Crippen LogP contribution in [-0.2, 0) is 0 Å². The Morgan fingerprint density at radius 3 is 2.14 bits per heavy atom. The zero-order valence-corrected chi connectivity index (χ0v) is 7.91. The average Bonchev–Trinajstić information content (AvgIpc) is 1.65. The molecular formula is C4H11NNaS. The summed E-state index contributed by atoms with van der Waals surface area (Å²) in [5.74, 6) is 0.802. The van der Waals surface area contributed by atoms with E-state index in [1.54, 1.807) is 0 Å². The second-order valence-electron chi connectivity index (χ2n) is 1.35. The molecule has 0 aliphatic heterocycles. The summed E-state index contributed by atoms with van der Waals surface area (Å²) >= 11 is 3.97. The van der Waals surface area contributed by atoms with Gasteiger partial charge in [-0.3, -0.25) is 0 Å². The first-order valence-electron chi connectivity index (χ1n) is 2.17. The van der Waals surface area contributed by atoms with Crippen molar-refractivity contribution in [3.05, 3.63) is 0 Å². The van der Waals surface area contributed by atoms with Crippen LogP contribution in [0, 0.1) is 0 Å². The second-order valence-corrected chi connectivity index (χ2v) is 1.72. The maximum absolute atomic E-state index is 5.40. The van der Waals surface area contributed by atoms with Crippen molar-refractivity contribution in [3.63, 3.8) is 0 Å². The normalized spacial score (nSPS) is 12.4. The predicted molar refractivity (Wildman–Crippen MR) is 37.9 cm³/mol. The molecule has 0 aromatic rings. The minimum atomic E-state index is 0. The van der Waals surface area contributed by atoms with Crippen molar-refractivity contribution in [2.75, 3.05) is 5.75 Å². The van der Waals surface area contributed by atoms with E-state index in [0.717, 1.165) is 12.2 Å². The van der Waals surface area contributed by atoms with Crippen LogP contribution >= 0.6 is 12.6 Å². The van der Waals surface area contributed by atoms with Gasteiger partial charge in [0.05, 0.1) is 0 Å². The van der Waals surface area contributed by atoms with Gasteiger partial charge in [-0.2, -0.15) is 12.6 Å². The maximum atomic E-state index is 5.40. The van der Waals surface area contributed by atoms with Gasteiger partial charge in [-0.15, -0.1) is 0 Å². The molecule has 1 nitrogen and oxygen atoms in total. The summed E-state index contributed by atoms with van der Waals surface area (Å²) in [6, 6.07) is 0.299. The van der Waals surface area contributed by atoms with E-state index in [1.807, 2.05) is 0 Å². The second kappa shape index (κ2) is 7.31. The largest absolute Gasteiger partial charge is 0.327 e. The Morgan fingerprint density at radius 1 is 1.71 bits per heavy atom. The minimum absolute atomic E-state index is 0. The Morgan fingerprint density at radius 2 is 2.14 bits per heavy atom. The number of thiol groups is 1. The Balaban J connectivity index is 0. The van der Waals surface area contributed by atoms with E-state index >= 15 is 0 Å². The molecule has 0 rings (SSSR count). The van der Waals surface area contributed by atoms with Gasteiger partial charge < -0.3 is 5.73 Å². The topological polar surface area (TPSA) is 26.0 Å². The summed E-state index contributed by atoms with van der Waals surface area (Å²) in [5, 5.41) is 0. The Labute approximate surface area is 72.7 Å². The van der Waals surface area contributed by atoms with E-state index < -0.39 is 0 Å². The van der Waals surface area contributed by atoms with Gasteiger partial charge in [0.2, 0.25) is 0 Å². The Hall–Kier alpha value is 1.31. The van der Waals surface area contributed by atoms with Gasteiger partial charge in [-0.25, -0.2) is 0 Å². The molecule has 39 valence electrons. The third kappa shape index (κ3) is 7.31. The number of hydrogen-bond donors (Lipinski definition) is 2. The molecule has 0 bridgehead atoms. The van der Waals surface area contributed by atoms with Crippen molar-refractivity contribution in [3.8, 4) is 0 Å². The molecule has 0 aliphatic carbocycles. The molecule has 1 radical (unpaired) electrons. The molecule has 2 N–H and O–H groups in total. The van der Waals surface area contributed by atoms with E-state index in [2.05, 4.69) is 19.6 Å². The van der Waals surface area contributed by atoms with Gasteiger partial charge in [0.25, 0.3) is 0 Å². The summed E-state index contributed by atoms with van der Waals surface area (Å²) in [6.45, 7) is 2.06. The van der Waals surface area contributed by atoms with Gasteiger partial charge in [-0.05, 0) is 6.42 Å². The quantitative estimate of drug-likeness (QED) is 0.405. The Bertz CT molecular complexity index is 30.9. The molecule has 0 spiro atoms. The van der Waals surface area contributed by atoms with Crippen LogP contribution in [0.4, 0.5) is 0 Å². The zero-order chi connectivity index (χ0) is 4.99. The van der Waals surface area contributed by atoms with Gasteiger partial charge in [0.1, 0.15) is 0 Å². The van der Waals surface area contributed by atoms with Crippen LogP contribution in [0.2, 0.25) is 0 Å². The molecule has 0 amide bonds. The molecule has 0 aromatic heterocycles.